The van der Waals surface area contributed by atoms with Crippen LogP contribution >= 0.6 is 0 Å². The number of hydrogen-bond donors (Lipinski definition) is 1. The zero-order chi connectivity index (χ0) is 20.6. The third-order valence-corrected chi connectivity index (χ3v) is 5.31. The Bertz CT molecular complexity index is 957. The van der Waals surface area contributed by atoms with Crippen LogP contribution in [-0.2, 0) is 14.4 Å². The normalized spacial score (nSPS) is 19.2. The van der Waals surface area contributed by atoms with Crippen molar-refractivity contribution in [3.05, 3.63) is 64.0 Å². The van der Waals surface area contributed by atoms with E-state index in [4.69, 9.17) is 0 Å². The molecule has 0 saturated heterocycles. The molecule has 1 fully saturated rings. The summed E-state index contributed by atoms with van der Waals surface area (Å²) in [6, 6.07) is 8.44. The number of amides is 1. The quantitative estimate of drug-likeness (QED) is 0.802. The molecule has 0 aromatic heterocycles. The van der Waals surface area contributed by atoms with Crippen LogP contribution < -0.4 is 5.32 Å². The van der Waals surface area contributed by atoms with Crippen molar-refractivity contribution in [3.8, 4) is 0 Å². The number of nitrogens with one attached hydrogen (secondary N) is 1. The van der Waals surface area contributed by atoms with Gasteiger partial charge >= 0.3 is 0 Å². The van der Waals surface area contributed by atoms with Crippen LogP contribution in [0.15, 0.2) is 30.3 Å². The summed E-state index contributed by atoms with van der Waals surface area (Å²) < 4.78 is 13.9. The first kappa shape index (κ1) is 19.9. The Kier molecular flexibility index (Phi) is 5.45. The molecule has 3 rings (SSSR count). The number of Topliss-reactive ketones (excluding diaryl/α,β-unsaturated/α-hetero) is 2. The van der Waals surface area contributed by atoms with Gasteiger partial charge in [-0.3, -0.25) is 14.4 Å². The van der Waals surface area contributed by atoms with Gasteiger partial charge in [0.15, 0.2) is 5.78 Å². The molecule has 1 aliphatic rings. The fraction of sp³-hybridized carbons (Fsp3) is 0.348. The van der Waals surface area contributed by atoms with E-state index in [9.17, 15) is 18.8 Å². The van der Waals surface area contributed by atoms with Gasteiger partial charge in [0.1, 0.15) is 17.5 Å². The number of aryl methyl sites for hydroxylation is 4. The molecule has 0 aliphatic heterocycles. The molecule has 4 nitrogen and oxygen atoms in total. The minimum absolute atomic E-state index is 0.0417. The molecule has 2 aromatic rings. The minimum atomic E-state index is -0.811. The third kappa shape index (κ3) is 3.88. The van der Waals surface area contributed by atoms with Crippen molar-refractivity contribution in [1.82, 2.24) is 0 Å². The number of rotatable bonds is 4. The predicted molar refractivity (Wildman–Crippen MR) is 106 cm³/mol. The van der Waals surface area contributed by atoms with E-state index in [1.807, 2.05) is 32.9 Å². The van der Waals surface area contributed by atoms with Crippen molar-refractivity contribution in [2.45, 2.75) is 46.5 Å². The van der Waals surface area contributed by atoms with Gasteiger partial charge in [0.25, 0.3) is 0 Å². The minimum Gasteiger partial charge on any atom is -0.324 e. The van der Waals surface area contributed by atoms with Crippen molar-refractivity contribution in [2.24, 2.45) is 5.92 Å². The number of anilines is 1. The number of hydrogen-bond acceptors (Lipinski definition) is 3. The first-order valence-corrected chi connectivity index (χ1v) is 9.37. The predicted octanol–water partition coefficient (Wildman–Crippen LogP) is 4.33. The lowest BCUT2D eigenvalue weighted by molar-refractivity contribution is -0.127. The van der Waals surface area contributed by atoms with E-state index in [0.717, 1.165) is 27.8 Å². The Morgan fingerprint density at radius 1 is 1.04 bits per heavy atom. The van der Waals surface area contributed by atoms with Crippen LogP contribution in [0.4, 0.5) is 10.1 Å². The van der Waals surface area contributed by atoms with Crippen molar-refractivity contribution in [2.75, 3.05) is 5.32 Å². The van der Waals surface area contributed by atoms with Crippen molar-refractivity contribution in [1.29, 1.82) is 0 Å². The van der Waals surface area contributed by atoms with Gasteiger partial charge in [-0.05, 0) is 62.1 Å². The first-order valence-electron chi connectivity index (χ1n) is 9.37. The highest BCUT2D eigenvalue weighted by Crippen LogP contribution is 2.37. The summed E-state index contributed by atoms with van der Waals surface area (Å²) >= 11 is 0. The molecule has 1 amide bonds. The molecule has 0 heterocycles. The molecule has 2 atom stereocenters. The van der Waals surface area contributed by atoms with Crippen LogP contribution in [0.1, 0.15) is 46.6 Å². The van der Waals surface area contributed by atoms with Gasteiger partial charge in [-0.1, -0.05) is 23.8 Å². The van der Waals surface area contributed by atoms with Crippen LogP contribution in [0.5, 0.6) is 0 Å². The lowest BCUT2D eigenvalue weighted by atomic mass is 9.86. The Labute approximate surface area is 164 Å². The molecule has 0 spiro atoms. The van der Waals surface area contributed by atoms with E-state index < -0.39 is 23.6 Å². The highest BCUT2D eigenvalue weighted by atomic mass is 19.1. The Balaban J connectivity index is 1.76. The third-order valence-electron chi connectivity index (χ3n) is 5.31. The molecule has 2 aromatic carbocycles. The van der Waals surface area contributed by atoms with Crippen molar-refractivity contribution >= 4 is 23.2 Å². The fourth-order valence-corrected chi connectivity index (χ4v) is 4.12. The van der Waals surface area contributed by atoms with Gasteiger partial charge in [0.05, 0.1) is 5.69 Å². The molecule has 0 radical (unpaired) electrons. The molecule has 1 aliphatic carbocycles. The summed E-state index contributed by atoms with van der Waals surface area (Å²) in [6.07, 6.45) is -0.0849. The van der Waals surface area contributed by atoms with Gasteiger partial charge < -0.3 is 5.32 Å². The molecule has 0 bridgehead atoms. The van der Waals surface area contributed by atoms with Crippen LogP contribution in [0.3, 0.4) is 0 Å². The molecule has 5 heteroatoms. The van der Waals surface area contributed by atoms with Crippen LogP contribution in [0, 0.1) is 39.4 Å². The smallest absolute Gasteiger partial charge is 0.225 e. The maximum Gasteiger partial charge on any atom is 0.225 e. The largest absolute Gasteiger partial charge is 0.324 e. The van der Waals surface area contributed by atoms with E-state index in [1.165, 1.54) is 12.1 Å². The summed E-state index contributed by atoms with van der Waals surface area (Å²) in [5, 5.41) is 2.51. The molecule has 1 N–H and O–H groups in total. The average Bonchev–Trinajstić information content (AvgIpc) is 2.84. The van der Waals surface area contributed by atoms with Crippen molar-refractivity contribution < 1.29 is 18.8 Å². The SMILES string of the molecule is Cc1cc(C)c(C2C(=O)CC(CC(=O)Nc3ccc(C)cc3F)C2=O)c(C)c1. The topological polar surface area (TPSA) is 63.2 Å². The summed E-state index contributed by atoms with van der Waals surface area (Å²) in [6.45, 7) is 7.53. The monoisotopic (exact) mass is 381 g/mol. The van der Waals surface area contributed by atoms with Gasteiger partial charge in [0.2, 0.25) is 5.91 Å². The van der Waals surface area contributed by atoms with Gasteiger partial charge in [-0.2, -0.15) is 0 Å². The molecule has 1 saturated carbocycles. The summed E-state index contributed by atoms with van der Waals surface area (Å²) in [4.78, 5) is 37.9. The number of ketones is 2. The van der Waals surface area contributed by atoms with Crippen LogP contribution in [0.2, 0.25) is 0 Å². The van der Waals surface area contributed by atoms with Gasteiger partial charge in [-0.15, -0.1) is 0 Å². The number of halogens is 1. The zero-order valence-corrected chi connectivity index (χ0v) is 16.6. The standard InChI is InChI=1S/C23H24FNO3/c1-12-5-6-18(17(24)9-12)25-20(27)11-16-10-19(26)22(23(16)28)21-14(3)7-13(2)8-15(21)4/h5-9,16,22H,10-11H2,1-4H3,(H,25,27). The highest BCUT2D eigenvalue weighted by molar-refractivity contribution is 6.16. The Hall–Kier alpha value is -2.82. The van der Waals surface area contributed by atoms with E-state index in [2.05, 4.69) is 5.32 Å². The second kappa shape index (κ2) is 7.66. The van der Waals surface area contributed by atoms with Crippen molar-refractivity contribution in [3.63, 3.8) is 0 Å². The number of benzene rings is 2. The average molecular weight is 381 g/mol. The molecular formula is C23H24FNO3. The molecule has 146 valence electrons. The van der Waals surface area contributed by atoms with E-state index in [1.54, 1.807) is 13.0 Å². The maximum absolute atomic E-state index is 13.9. The molecule has 2 unspecified atom stereocenters. The fourth-order valence-electron chi connectivity index (χ4n) is 4.12. The molecule has 28 heavy (non-hydrogen) atoms. The Morgan fingerprint density at radius 2 is 1.68 bits per heavy atom. The lowest BCUT2D eigenvalue weighted by Crippen LogP contribution is -2.22. The highest BCUT2D eigenvalue weighted by Gasteiger charge is 2.43. The Morgan fingerprint density at radius 3 is 2.29 bits per heavy atom. The number of carbonyl (C=O) groups excluding carboxylic acids is 3. The lowest BCUT2D eigenvalue weighted by Gasteiger charge is -2.16. The van der Waals surface area contributed by atoms with Gasteiger partial charge in [0, 0.05) is 18.8 Å². The van der Waals surface area contributed by atoms with Crippen LogP contribution in [-0.4, -0.2) is 17.5 Å². The first-order chi connectivity index (χ1) is 13.2. The van der Waals surface area contributed by atoms with Crippen LogP contribution in [0.25, 0.3) is 0 Å². The summed E-state index contributed by atoms with van der Waals surface area (Å²) in [7, 11) is 0. The summed E-state index contributed by atoms with van der Waals surface area (Å²) in [5.41, 5.74) is 4.49. The maximum atomic E-state index is 13.9. The number of carbonyl (C=O) groups is 3. The second-order valence-corrected chi connectivity index (χ2v) is 7.75. The summed E-state index contributed by atoms with van der Waals surface area (Å²) in [5.74, 6) is -2.85. The second-order valence-electron chi connectivity index (χ2n) is 7.75. The zero-order valence-electron chi connectivity index (χ0n) is 16.6. The van der Waals surface area contributed by atoms with Gasteiger partial charge in [-0.25, -0.2) is 4.39 Å². The van der Waals surface area contributed by atoms with E-state index in [0.29, 0.717) is 0 Å². The molecular weight excluding hydrogens is 357 g/mol. The van der Waals surface area contributed by atoms with E-state index >= 15 is 0 Å². The van der Waals surface area contributed by atoms with E-state index in [-0.39, 0.29) is 30.1 Å².